The van der Waals surface area contributed by atoms with Crippen LogP contribution in [0.4, 0.5) is 10.3 Å². The van der Waals surface area contributed by atoms with E-state index >= 15 is 0 Å². The lowest BCUT2D eigenvalue weighted by molar-refractivity contribution is -0.115. The maximum atomic E-state index is 13.3. The Hall–Kier alpha value is -2.76. The minimum absolute atomic E-state index is 0.180. The highest BCUT2D eigenvalue weighted by Crippen LogP contribution is 2.20. The maximum absolute atomic E-state index is 13.3. The van der Waals surface area contributed by atoms with Crippen molar-refractivity contribution in [2.75, 3.05) is 5.32 Å². The molecule has 0 aliphatic rings. The topological polar surface area (TPSA) is 59.8 Å². The summed E-state index contributed by atoms with van der Waals surface area (Å²) in [5, 5.41) is 2.80. The Morgan fingerprint density at radius 3 is 2.83 bits per heavy atom. The van der Waals surface area contributed by atoms with Crippen molar-refractivity contribution in [3.63, 3.8) is 0 Å². The van der Waals surface area contributed by atoms with Crippen LogP contribution in [0.1, 0.15) is 18.2 Å². The predicted octanol–water partition coefficient (Wildman–Crippen LogP) is 3.08. The lowest BCUT2D eigenvalue weighted by Gasteiger charge is -2.07. The largest absolute Gasteiger partial charge is 0.310 e. The Balaban J connectivity index is 1.82. The molecule has 3 rings (SSSR count). The van der Waals surface area contributed by atoms with Crippen LogP contribution in [0, 0.1) is 12.7 Å². The molecule has 0 aliphatic heterocycles. The normalized spacial score (nSPS) is 10.9. The number of halogens is 1. The van der Waals surface area contributed by atoms with Gasteiger partial charge >= 0.3 is 0 Å². The van der Waals surface area contributed by atoms with Crippen molar-refractivity contribution in [3.8, 4) is 0 Å². The van der Waals surface area contributed by atoms with Gasteiger partial charge in [0, 0.05) is 24.5 Å². The summed E-state index contributed by atoms with van der Waals surface area (Å²) in [5.74, 6) is -0.0961. The molecule has 3 aromatic rings. The summed E-state index contributed by atoms with van der Waals surface area (Å²) < 4.78 is 15.2. The molecular formula is C17H17FN4O. The van der Waals surface area contributed by atoms with E-state index < -0.39 is 0 Å². The molecule has 0 atom stereocenters. The second-order valence-corrected chi connectivity index (χ2v) is 5.35. The van der Waals surface area contributed by atoms with Gasteiger partial charge in [0.1, 0.15) is 5.82 Å². The molecule has 0 saturated carbocycles. The monoisotopic (exact) mass is 312 g/mol. The smallest absolute Gasteiger partial charge is 0.231 e. The maximum Gasteiger partial charge on any atom is 0.231 e. The summed E-state index contributed by atoms with van der Waals surface area (Å²) >= 11 is 0. The van der Waals surface area contributed by atoms with E-state index in [1.165, 1.54) is 12.1 Å². The first-order valence-corrected chi connectivity index (χ1v) is 7.44. The number of aryl methyl sites for hydroxylation is 2. The molecule has 1 N–H and O–H groups in total. The Morgan fingerprint density at radius 2 is 2.13 bits per heavy atom. The van der Waals surface area contributed by atoms with Gasteiger partial charge in [0.15, 0.2) is 0 Å². The second-order valence-electron chi connectivity index (χ2n) is 5.35. The number of hydrogen-bond donors (Lipinski definition) is 1. The number of amides is 1. The summed E-state index contributed by atoms with van der Waals surface area (Å²) in [6.07, 6.45) is 1.90. The first-order chi connectivity index (χ1) is 11.1. The van der Waals surface area contributed by atoms with Crippen LogP contribution in [0.3, 0.4) is 0 Å². The van der Waals surface area contributed by atoms with Crippen LogP contribution in [0.25, 0.3) is 11.0 Å². The van der Waals surface area contributed by atoms with E-state index in [-0.39, 0.29) is 18.1 Å². The zero-order valence-corrected chi connectivity index (χ0v) is 13.0. The number of hydrogen-bond acceptors (Lipinski definition) is 3. The molecule has 118 valence electrons. The molecule has 1 amide bonds. The molecule has 0 radical (unpaired) electrons. The zero-order valence-electron chi connectivity index (χ0n) is 13.0. The van der Waals surface area contributed by atoms with Crippen molar-refractivity contribution in [3.05, 3.63) is 53.6 Å². The summed E-state index contributed by atoms with van der Waals surface area (Å²) in [6.45, 7) is 4.47. The summed E-state index contributed by atoms with van der Waals surface area (Å²) in [5.41, 5.74) is 3.06. The molecule has 0 aliphatic carbocycles. The number of benzene rings is 1. The molecule has 0 saturated heterocycles. The first kappa shape index (κ1) is 15.1. The van der Waals surface area contributed by atoms with Crippen molar-refractivity contribution in [1.29, 1.82) is 0 Å². The zero-order chi connectivity index (χ0) is 16.4. The molecule has 2 heterocycles. The fourth-order valence-electron chi connectivity index (χ4n) is 2.48. The van der Waals surface area contributed by atoms with E-state index in [1.54, 1.807) is 12.3 Å². The first-order valence-electron chi connectivity index (χ1n) is 7.44. The number of imidazole rings is 1. The van der Waals surface area contributed by atoms with Crippen molar-refractivity contribution in [2.24, 2.45) is 0 Å². The average molecular weight is 312 g/mol. The number of nitrogens with one attached hydrogen (secondary N) is 1. The lowest BCUT2D eigenvalue weighted by Crippen LogP contribution is -2.17. The lowest BCUT2D eigenvalue weighted by atomic mass is 10.2. The van der Waals surface area contributed by atoms with Gasteiger partial charge < -0.3 is 4.57 Å². The third kappa shape index (κ3) is 3.21. The number of carbonyl (C=O) groups is 1. The molecule has 0 fully saturated rings. The van der Waals surface area contributed by atoms with E-state index in [2.05, 4.69) is 15.3 Å². The van der Waals surface area contributed by atoms with Crippen molar-refractivity contribution >= 4 is 22.9 Å². The molecule has 5 nitrogen and oxygen atoms in total. The fourth-order valence-corrected chi connectivity index (χ4v) is 2.48. The number of nitrogens with zero attached hydrogens (tertiary/aromatic N) is 3. The number of aromatic nitrogens is 3. The van der Waals surface area contributed by atoms with Crippen LogP contribution in [0.15, 0.2) is 36.5 Å². The van der Waals surface area contributed by atoms with E-state index in [1.807, 2.05) is 30.5 Å². The van der Waals surface area contributed by atoms with Crippen LogP contribution < -0.4 is 5.32 Å². The van der Waals surface area contributed by atoms with Gasteiger partial charge in [0.05, 0.1) is 17.5 Å². The average Bonchev–Trinajstić information content (AvgIpc) is 2.85. The van der Waals surface area contributed by atoms with Crippen LogP contribution in [0.5, 0.6) is 0 Å². The molecule has 0 bridgehead atoms. The Labute approximate surface area is 133 Å². The summed E-state index contributed by atoms with van der Waals surface area (Å²) in [6, 6.07) is 8.16. The van der Waals surface area contributed by atoms with Gasteiger partial charge in [-0.2, -0.15) is 0 Å². The number of pyridine rings is 1. The quantitative estimate of drug-likeness (QED) is 0.805. The minimum atomic E-state index is -0.346. The van der Waals surface area contributed by atoms with Gasteiger partial charge in [-0.3, -0.25) is 15.1 Å². The van der Waals surface area contributed by atoms with Crippen molar-refractivity contribution < 1.29 is 9.18 Å². The van der Waals surface area contributed by atoms with Crippen LogP contribution >= 0.6 is 0 Å². The summed E-state index contributed by atoms with van der Waals surface area (Å²) in [4.78, 5) is 20.7. The highest BCUT2D eigenvalue weighted by molar-refractivity contribution is 5.92. The van der Waals surface area contributed by atoms with Crippen molar-refractivity contribution in [2.45, 2.75) is 26.8 Å². The Kier molecular flexibility index (Phi) is 4.06. The van der Waals surface area contributed by atoms with Crippen LogP contribution in [-0.2, 0) is 17.8 Å². The van der Waals surface area contributed by atoms with Gasteiger partial charge in [-0.25, -0.2) is 9.37 Å². The Bertz CT molecular complexity index is 855. The molecule has 0 unspecified atom stereocenters. The number of fused-ring (bicyclic) bond motifs is 1. The fraction of sp³-hybridized carbons (Fsp3) is 0.235. The van der Waals surface area contributed by atoms with E-state index in [9.17, 15) is 9.18 Å². The van der Waals surface area contributed by atoms with E-state index in [0.29, 0.717) is 18.0 Å². The van der Waals surface area contributed by atoms with Crippen LogP contribution in [-0.4, -0.2) is 20.4 Å². The van der Waals surface area contributed by atoms with Gasteiger partial charge in [0.2, 0.25) is 11.9 Å². The Morgan fingerprint density at radius 1 is 1.30 bits per heavy atom. The third-order valence-corrected chi connectivity index (χ3v) is 3.62. The molecular weight excluding hydrogens is 295 g/mol. The van der Waals surface area contributed by atoms with E-state index in [4.69, 9.17) is 0 Å². The van der Waals surface area contributed by atoms with Gasteiger partial charge in [-0.15, -0.1) is 0 Å². The molecule has 23 heavy (non-hydrogen) atoms. The van der Waals surface area contributed by atoms with Gasteiger partial charge in [-0.1, -0.05) is 6.07 Å². The highest BCUT2D eigenvalue weighted by atomic mass is 19.1. The number of rotatable bonds is 4. The van der Waals surface area contributed by atoms with Crippen LogP contribution in [0.2, 0.25) is 0 Å². The molecule has 2 aromatic heterocycles. The van der Waals surface area contributed by atoms with Gasteiger partial charge in [-0.05, 0) is 37.6 Å². The number of carbonyl (C=O) groups excluding carboxylic acids is 1. The molecule has 6 heteroatoms. The van der Waals surface area contributed by atoms with Gasteiger partial charge in [0.25, 0.3) is 0 Å². The second kappa shape index (κ2) is 6.16. The molecule has 0 spiro atoms. The summed E-state index contributed by atoms with van der Waals surface area (Å²) in [7, 11) is 0. The third-order valence-electron chi connectivity index (χ3n) is 3.62. The standard InChI is InChI=1S/C17H17FN4O/c1-3-22-15-7-6-13(18)9-14(15)20-17(22)21-16(23)8-12-5-4-11(2)19-10-12/h4-7,9-10H,3,8H2,1-2H3,(H,20,21,23). The number of anilines is 1. The highest BCUT2D eigenvalue weighted by Gasteiger charge is 2.13. The minimum Gasteiger partial charge on any atom is -0.310 e. The predicted molar refractivity (Wildman–Crippen MR) is 86.7 cm³/mol. The van der Waals surface area contributed by atoms with Crippen molar-refractivity contribution in [1.82, 2.24) is 14.5 Å². The molecule has 1 aromatic carbocycles. The van der Waals surface area contributed by atoms with E-state index in [0.717, 1.165) is 16.8 Å². The SMILES string of the molecule is CCn1c(NC(=O)Cc2ccc(C)nc2)nc2cc(F)ccc21.